The highest BCUT2D eigenvalue weighted by Crippen LogP contribution is 2.31. The first-order valence-corrected chi connectivity index (χ1v) is 11.7. The van der Waals surface area contributed by atoms with E-state index in [-0.39, 0.29) is 28.6 Å². The Bertz CT molecular complexity index is 1010. The zero-order chi connectivity index (χ0) is 22.4. The van der Waals surface area contributed by atoms with Crippen molar-refractivity contribution < 1.29 is 27.8 Å². The maximum absolute atomic E-state index is 12.6. The van der Waals surface area contributed by atoms with Crippen LogP contribution in [0.4, 0.5) is 0 Å². The maximum atomic E-state index is 12.6. The van der Waals surface area contributed by atoms with Gasteiger partial charge in [-0.3, -0.25) is 4.79 Å². The third-order valence-electron chi connectivity index (χ3n) is 4.57. The highest BCUT2D eigenvalue weighted by molar-refractivity contribution is 7.89. The lowest BCUT2D eigenvalue weighted by atomic mass is 10.2. The van der Waals surface area contributed by atoms with Gasteiger partial charge in [0.15, 0.2) is 0 Å². The van der Waals surface area contributed by atoms with Gasteiger partial charge in [0.2, 0.25) is 10.0 Å². The standard InChI is InChI=1S/C20H22Cl2N2O6S/c21-17-2-1-3-18(19(17)22)30-13-15(25)12-23-20(26)14-4-6-16(7-5-14)31(27,28)24-8-10-29-11-9-24/h1-7,15,25H,8-13H2,(H,23,26). The van der Waals surface area contributed by atoms with Crippen molar-refractivity contribution in [3.05, 3.63) is 58.1 Å². The number of carbonyl (C=O) groups excluding carboxylic acids is 1. The van der Waals surface area contributed by atoms with Crippen LogP contribution < -0.4 is 10.1 Å². The minimum Gasteiger partial charge on any atom is -0.489 e. The molecule has 1 saturated heterocycles. The number of morpholine rings is 1. The predicted octanol–water partition coefficient (Wildman–Crippen LogP) is 2.18. The van der Waals surface area contributed by atoms with E-state index in [0.29, 0.717) is 37.1 Å². The van der Waals surface area contributed by atoms with Crippen LogP contribution in [0.3, 0.4) is 0 Å². The number of hydrogen-bond acceptors (Lipinski definition) is 6. The zero-order valence-corrected chi connectivity index (χ0v) is 18.8. The smallest absolute Gasteiger partial charge is 0.251 e. The number of amides is 1. The van der Waals surface area contributed by atoms with Crippen molar-refractivity contribution >= 4 is 39.1 Å². The molecule has 0 bridgehead atoms. The summed E-state index contributed by atoms with van der Waals surface area (Å²) in [5, 5.41) is 13.2. The van der Waals surface area contributed by atoms with E-state index < -0.39 is 22.0 Å². The summed E-state index contributed by atoms with van der Waals surface area (Å²) >= 11 is 11.9. The molecule has 11 heteroatoms. The SMILES string of the molecule is O=C(NCC(O)COc1cccc(Cl)c1Cl)c1ccc(S(=O)(=O)N2CCOCC2)cc1. The molecule has 1 unspecified atom stereocenters. The van der Waals surface area contributed by atoms with E-state index in [2.05, 4.69) is 5.32 Å². The second-order valence-corrected chi connectivity index (χ2v) is 9.49. The Balaban J connectivity index is 1.51. The lowest BCUT2D eigenvalue weighted by Crippen LogP contribution is -2.40. The molecule has 0 spiro atoms. The van der Waals surface area contributed by atoms with Gasteiger partial charge in [0.1, 0.15) is 23.5 Å². The second kappa shape index (κ2) is 10.6. The van der Waals surface area contributed by atoms with Crippen LogP contribution in [0, 0.1) is 0 Å². The lowest BCUT2D eigenvalue weighted by molar-refractivity contribution is 0.0730. The average molecular weight is 489 g/mol. The quantitative estimate of drug-likeness (QED) is 0.589. The summed E-state index contributed by atoms with van der Waals surface area (Å²) in [6.07, 6.45) is -0.986. The molecule has 8 nitrogen and oxygen atoms in total. The Morgan fingerprint density at radius 1 is 1.16 bits per heavy atom. The molecule has 31 heavy (non-hydrogen) atoms. The number of aliphatic hydroxyl groups is 1. The number of nitrogens with one attached hydrogen (secondary N) is 1. The average Bonchev–Trinajstić information content (AvgIpc) is 2.79. The van der Waals surface area contributed by atoms with Crippen LogP contribution in [-0.4, -0.2) is 69.3 Å². The van der Waals surface area contributed by atoms with Gasteiger partial charge in [-0.1, -0.05) is 29.3 Å². The summed E-state index contributed by atoms with van der Waals surface area (Å²) in [6.45, 7) is 1.14. The predicted molar refractivity (Wildman–Crippen MR) is 116 cm³/mol. The summed E-state index contributed by atoms with van der Waals surface area (Å²) in [5.74, 6) is -0.119. The fourth-order valence-corrected chi connectivity index (χ4v) is 4.62. The van der Waals surface area contributed by atoms with E-state index in [9.17, 15) is 18.3 Å². The third-order valence-corrected chi connectivity index (χ3v) is 7.28. The highest BCUT2D eigenvalue weighted by atomic mass is 35.5. The molecule has 0 saturated carbocycles. The van der Waals surface area contributed by atoms with Crippen molar-refractivity contribution in [2.75, 3.05) is 39.5 Å². The molecule has 0 aromatic heterocycles. The fraction of sp³-hybridized carbons (Fsp3) is 0.350. The summed E-state index contributed by atoms with van der Waals surface area (Å²) in [4.78, 5) is 12.4. The summed E-state index contributed by atoms with van der Waals surface area (Å²) in [7, 11) is -3.63. The minimum atomic E-state index is -3.63. The normalized spacial score (nSPS) is 16.0. The van der Waals surface area contributed by atoms with E-state index in [1.165, 1.54) is 28.6 Å². The topological polar surface area (TPSA) is 105 Å². The molecular weight excluding hydrogens is 467 g/mol. The van der Waals surface area contributed by atoms with Gasteiger partial charge < -0.3 is 19.9 Å². The van der Waals surface area contributed by atoms with Crippen LogP contribution in [0.1, 0.15) is 10.4 Å². The van der Waals surface area contributed by atoms with Crippen LogP contribution in [-0.2, 0) is 14.8 Å². The first-order chi connectivity index (χ1) is 14.8. The number of aliphatic hydroxyl groups excluding tert-OH is 1. The largest absolute Gasteiger partial charge is 0.489 e. The molecule has 1 atom stereocenters. The van der Waals surface area contributed by atoms with Gasteiger partial charge in [0, 0.05) is 25.2 Å². The van der Waals surface area contributed by atoms with Gasteiger partial charge in [-0.25, -0.2) is 8.42 Å². The van der Waals surface area contributed by atoms with Gasteiger partial charge in [0.05, 0.1) is 23.1 Å². The van der Waals surface area contributed by atoms with E-state index in [0.717, 1.165) is 0 Å². The lowest BCUT2D eigenvalue weighted by Gasteiger charge is -2.26. The minimum absolute atomic E-state index is 0.0646. The van der Waals surface area contributed by atoms with Gasteiger partial charge >= 0.3 is 0 Å². The molecule has 1 heterocycles. The van der Waals surface area contributed by atoms with Gasteiger partial charge in [0.25, 0.3) is 5.91 Å². The number of nitrogens with zero attached hydrogens (tertiary/aromatic N) is 1. The number of hydrogen-bond donors (Lipinski definition) is 2. The number of halogens is 2. The Morgan fingerprint density at radius 2 is 1.84 bits per heavy atom. The molecule has 2 N–H and O–H groups in total. The first-order valence-electron chi connectivity index (χ1n) is 9.50. The number of rotatable bonds is 8. The maximum Gasteiger partial charge on any atom is 0.251 e. The van der Waals surface area contributed by atoms with Crippen molar-refractivity contribution in [1.29, 1.82) is 0 Å². The molecule has 1 aliphatic rings. The molecule has 2 aromatic carbocycles. The van der Waals surface area contributed by atoms with Crippen LogP contribution in [0.15, 0.2) is 47.4 Å². The van der Waals surface area contributed by atoms with Gasteiger partial charge in [-0.15, -0.1) is 0 Å². The van der Waals surface area contributed by atoms with E-state index >= 15 is 0 Å². The molecule has 3 rings (SSSR count). The van der Waals surface area contributed by atoms with Crippen LogP contribution in [0.2, 0.25) is 10.0 Å². The van der Waals surface area contributed by atoms with Crippen molar-refractivity contribution in [3.63, 3.8) is 0 Å². The summed E-state index contributed by atoms with van der Waals surface area (Å²) in [5.41, 5.74) is 0.270. The Kier molecular flexibility index (Phi) is 8.15. The number of carbonyl (C=O) groups is 1. The number of ether oxygens (including phenoxy) is 2. The fourth-order valence-electron chi connectivity index (χ4n) is 2.87. The van der Waals surface area contributed by atoms with E-state index in [1.54, 1.807) is 18.2 Å². The van der Waals surface area contributed by atoms with Crippen molar-refractivity contribution in [2.45, 2.75) is 11.0 Å². The molecule has 0 aliphatic carbocycles. The Morgan fingerprint density at radius 3 is 2.52 bits per heavy atom. The van der Waals surface area contributed by atoms with Crippen molar-refractivity contribution in [3.8, 4) is 5.75 Å². The molecule has 1 aliphatic heterocycles. The van der Waals surface area contributed by atoms with Crippen LogP contribution in [0.25, 0.3) is 0 Å². The Labute approximate surface area is 190 Å². The molecule has 0 radical (unpaired) electrons. The molecule has 1 fully saturated rings. The monoisotopic (exact) mass is 488 g/mol. The second-order valence-electron chi connectivity index (χ2n) is 6.77. The summed E-state index contributed by atoms with van der Waals surface area (Å²) < 4.78 is 37.2. The highest BCUT2D eigenvalue weighted by Gasteiger charge is 2.26. The van der Waals surface area contributed by atoms with Crippen LogP contribution >= 0.6 is 23.2 Å². The van der Waals surface area contributed by atoms with E-state index in [4.69, 9.17) is 32.7 Å². The number of benzene rings is 2. The zero-order valence-electron chi connectivity index (χ0n) is 16.5. The van der Waals surface area contributed by atoms with Crippen LogP contribution in [0.5, 0.6) is 5.75 Å². The van der Waals surface area contributed by atoms with Gasteiger partial charge in [-0.05, 0) is 36.4 Å². The molecular formula is C20H22Cl2N2O6S. The van der Waals surface area contributed by atoms with Gasteiger partial charge in [-0.2, -0.15) is 4.31 Å². The third kappa shape index (κ3) is 6.09. The van der Waals surface area contributed by atoms with Crippen molar-refractivity contribution in [2.24, 2.45) is 0 Å². The summed E-state index contributed by atoms with van der Waals surface area (Å²) in [6, 6.07) is 10.5. The molecule has 2 aromatic rings. The molecule has 1 amide bonds. The molecule has 168 valence electrons. The number of sulfonamides is 1. The van der Waals surface area contributed by atoms with Crippen molar-refractivity contribution in [1.82, 2.24) is 9.62 Å². The first kappa shape index (κ1) is 23.8. The van der Waals surface area contributed by atoms with E-state index in [1.807, 2.05) is 0 Å². The Hall–Kier alpha value is -1.88.